The number of halogens is 2. The van der Waals surface area contributed by atoms with Crippen LogP contribution in [0.2, 0.25) is 5.02 Å². The maximum Gasteiger partial charge on any atom is 0.235 e. The number of ether oxygens (including phenoxy) is 1. The number of hydrogen-bond acceptors (Lipinski definition) is 5. The molecule has 1 fully saturated rings. The molecule has 0 radical (unpaired) electrons. The van der Waals surface area contributed by atoms with Crippen LogP contribution in [-0.4, -0.2) is 43.4 Å². The second-order valence-electron chi connectivity index (χ2n) is 5.75. The van der Waals surface area contributed by atoms with Crippen molar-refractivity contribution in [3.63, 3.8) is 0 Å². The molecule has 21 heavy (non-hydrogen) atoms. The Labute approximate surface area is 129 Å². The van der Waals surface area contributed by atoms with Crippen LogP contribution in [0.4, 0.5) is 15.9 Å². The third kappa shape index (κ3) is 3.39. The molecule has 7 heteroatoms. The van der Waals surface area contributed by atoms with Gasteiger partial charge in [0.2, 0.25) is 5.95 Å². The summed E-state index contributed by atoms with van der Waals surface area (Å²) in [6, 6.07) is 1.63. The number of hydrogen-bond donors (Lipinski definition) is 2. The lowest BCUT2D eigenvalue weighted by molar-refractivity contribution is 0.0860. The lowest BCUT2D eigenvalue weighted by Crippen LogP contribution is -2.61. The number of methoxy groups -OCH3 is 1. The van der Waals surface area contributed by atoms with Gasteiger partial charge in [-0.15, -0.1) is 0 Å². The zero-order chi connectivity index (χ0) is 15.6. The van der Waals surface area contributed by atoms with E-state index in [0.717, 1.165) is 26.1 Å². The van der Waals surface area contributed by atoms with Crippen LogP contribution in [0.15, 0.2) is 6.07 Å². The smallest absolute Gasteiger partial charge is 0.235 e. The van der Waals surface area contributed by atoms with E-state index in [9.17, 15) is 4.39 Å². The summed E-state index contributed by atoms with van der Waals surface area (Å²) < 4.78 is 19.2. The molecule has 0 spiro atoms. The molecule has 1 aliphatic heterocycles. The lowest BCUT2D eigenvalue weighted by Gasteiger charge is -2.47. The number of nitrogens with one attached hydrogen (secondary N) is 1. The first kappa shape index (κ1) is 16.3. The topological polar surface area (TPSA) is 63.4 Å². The van der Waals surface area contributed by atoms with Crippen LogP contribution in [0.1, 0.15) is 20.3 Å². The second-order valence-corrected chi connectivity index (χ2v) is 6.13. The van der Waals surface area contributed by atoms with Gasteiger partial charge >= 0.3 is 0 Å². The van der Waals surface area contributed by atoms with Gasteiger partial charge in [-0.2, -0.15) is 4.39 Å². The van der Waals surface area contributed by atoms with Crippen molar-refractivity contribution in [3.8, 4) is 0 Å². The van der Waals surface area contributed by atoms with Crippen molar-refractivity contribution in [2.45, 2.75) is 31.9 Å². The van der Waals surface area contributed by atoms with Crippen LogP contribution in [0, 0.1) is 5.95 Å². The molecule has 2 heterocycles. The molecule has 2 rings (SSSR count). The van der Waals surface area contributed by atoms with Gasteiger partial charge in [-0.25, -0.2) is 4.98 Å². The third-order valence-electron chi connectivity index (χ3n) is 4.01. The fourth-order valence-electron chi connectivity index (χ4n) is 2.83. The second kappa shape index (κ2) is 6.34. The highest BCUT2D eigenvalue weighted by molar-refractivity contribution is 6.33. The molecule has 1 aromatic rings. The van der Waals surface area contributed by atoms with Gasteiger partial charge in [0, 0.05) is 32.8 Å². The van der Waals surface area contributed by atoms with Crippen molar-refractivity contribution in [1.82, 2.24) is 10.3 Å². The van der Waals surface area contributed by atoms with Crippen molar-refractivity contribution in [3.05, 3.63) is 17.0 Å². The number of piperazine rings is 1. The molecule has 2 atom stereocenters. The van der Waals surface area contributed by atoms with E-state index in [-0.39, 0.29) is 22.4 Å². The van der Waals surface area contributed by atoms with Crippen molar-refractivity contribution < 1.29 is 9.13 Å². The van der Waals surface area contributed by atoms with Crippen LogP contribution < -0.4 is 16.0 Å². The Morgan fingerprint density at radius 1 is 1.67 bits per heavy atom. The summed E-state index contributed by atoms with van der Waals surface area (Å²) in [5, 5.41) is 3.24. The Balaban J connectivity index is 2.34. The standard InChI is InChI=1S/C14H22ClFN4O/c1-9(21-3)7-14(2)8-18-4-5-20(14)11-6-10(17)12(15)13(16)19-11/h6,9,18H,4-5,7-8H2,1-3H3,(H2,17,19)/t9-,14-/m0/s1. The summed E-state index contributed by atoms with van der Waals surface area (Å²) in [5.41, 5.74) is 5.74. The van der Waals surface area contributed by atoms with Crippen LogP contribution in [-0.2, 0) is 4.74 Å². The van der Waals surface area contributed by atoms with Crippen LogP contribution in [0.3, 0.4) is 0 Å². The van der Waals surface area contributed by atoms with E-state index in [4.69, 9.17) is 22.1 Å². The first-order valence-corrected chi connectivity index (χ1v) is 7.38. The number of aromatic nitrogens is 1. The monoisotopic (exact) mass is 316 g/mol. The predicted molar refractivity (Wildman–Crippen MR) is 83.3 cm³/mol. The van der Waals surface area contributed by atoms with Gasteiger partial charge in [0.1, 0.15) is 10.8 Å². The van der Waals surface area contributed by atoms with Crippen molar-refractivity contribution >= 4 is 23.1 Å². The van der Waals surface area contributed by atoms with E-state index in [1.807, 2.05) is 6.92 Å². The highest BCUT2D eigenvalue weighted by Gasteiger charge is 2.37. The average molecular weight is 317 g/mol. The quantitative estimate of drug-likeness (QED) is 0.832. The molecule has 5 nitrogen and oxygen atoms in total. The summed E-state index contributed by atoms with van der Waals surface area (Å²) in [7, 11) is 1.69. The minimum atomic E-state index is -0.729. The van der Waals surface area contributed by atoms with Crippen LogP contribution in [0.5, 0.6) is 0 Å². The molecule has 0 aliphatic carbocycles. The molecule has 1 aromatic heterocycles. The first-order valence-electron chi connectivity index (χ1n) is 7.00. The molecule has 0 aromatic carbocycles. The molecule has 3 N–H and O–H groups in total. The van der Waals surface area contributed by atoms with Gasteiger partial charge in [0.25, 0.3) is 0 Å². The SMILES string of the molecule is CO[C@@H](C)C[C@@]1(C)CNCCN1c1cc(N)c(Cl)c(F)n1. The van der Waals surface area contributed by atoms with Gasteiger partial charge < -0.3 is 20.7 Å². The number of pyridine rings is 1. The molecular formula is C14H22ClFN4O. The highest BCUT2D eigenvalue weighted by Crippen LogP contribution is 2.32. The predicted octanol–water partition coefficient (Wildman–Crippen LogP) is 2.05. The molecule has 1 aliphatic rings. The Morgan fingerprint density at radius 2 is 2.38 bits per heavy atom. The Kier molecular flexibility index (Phi) is 4.91. The van der Waals surface area contributed by atoms with E-state index in [2.05, 4.69) is 22.1 Å². The fraction of sp³-hybridized carbons (Fsp3) is 0.643. The number of nitrogens with two attached hydrogens (primary N) is 1. The third-order valence-corrected chi connectivity index (χ3v) is 4.38. The summed E-state index contributed by atoms with van der Waals surface area (Å²) in [5.74, 6) is -0.214. The zero-order valence-electron chi connectivity index (χ0n) is 12.6. The largest absolute Gasteiger partial charge is 0.397 e. The van der Waals surface area contributed by atoms with Gasteiger partial charge in [-0.05, 0) is 20.3 Å². The molecule has 0 saturated carbocycles. The van der Waals surface area contributed by atoms with Crippen LogP contribution >= 0.6 is 11.6 Å². The van der Waals surface area contributed by atoms with Gasteiger partial charge in [-0.1, -0.05) is 11.6 Å². The Morgan fingerprint density at radius 3 is 3.00 bits per heavy atom. The van der Waals surface area contributed by atoms with E-state index in [1.54, 1.807) is 13.2 Å². The van der Waals surface area contributed by atoms with E-state index >= 15 is 0 Å². The maximum absolute atomic E-state index is 13.8. The minimum Gasteiger partial charge on any atom is -0.397 e. The molecule has 0 unspecified atom stereocenters. The highest BCUT2D eigenvalue weighted by atomic mass is 35.5. The van der Waals surface area contributed by atoms with Crippen molar-refractivity contribution in [2.75, 3.05) is 37.4 Å². The average Bonchev–Trinajstić information content (AvgIpc) is 2.44. The Hall–Kier alpha value is -1.11. The molecule has 1 saturated heterocycles. The van der Waals surface area contributed by atoms with Gasteiger partial charge in [-0.3, -0.25) is 0 Å². The van der Waals surface area contributed by atoms with Crippen molar-refractivity contribution in [1.29, 1.82) is 0 Å². The summed E-state index contributed by atoms with van der Waals surface area (Å²) in [4.78, 5) is 6.04. The zero-order valence-corrected chi connectivity index (χ0v) is 13.4. The molecule has 118 valence electrons. The van der Waals surface area contributed by atoms with E-state index < -0.39 is 5.95 Å². The van der Waals surface area contributed by atoms with Gasteiger partial charge in [0.05, 0.1) is 17.3 Å². The van der Waals surface area contributed by atoms with E-state index in [0.29, 0.717) is 5.82 Å². The van der Waals surface area contributed by atoms with Crippen molar-refractivity contribution in [2.24, 2.45) is 0 Å². The molecule has 0 amide bonds. The van der Waals surface area contributed by atoms with E-state index in [1.165, 1.54) is 0 Å². The Bertz CT molecular complexity index is 493. The molecular weight excluding hydrogens is 295 g/mol. The summed E-state index contributed by atoms with van der Waals surface area (Å²) in [6.45, 7) is 6.43. The first-order chi connectivity index (χ1) is 9.87. The van der Waals surface area contributed by atoms with Gasteiger partial charge in [0.15, 0.2) is 0 Å². The lowest BCUT2D eigenvalue weighted by atomic mass is 9.90. The minimum absolute atomic E-state index is 0.0897. The summed E-state index contributed by atoms with van der Waals surface area (Å²) in [6.07, 6.45) is 0.884. The fourth-order valence-corrected chi connectivity index (χ4v) is 2.93. The normalized spacial score (nSPS) is 24.1. The number of nitrogen functional groups attached to an aromatic ring is 1. The maximum atomic E-state index is 13.8. The number of nitrogens with zero attached hydrogens (tertiary/aromatic N) is 2. The number of rotatable bonds is 4. The van der Waals surface area contributed by atoms with Crippen LogP contribution in [0.25, 0.3) is 0 Å². The molecule has 0 bridgehead atoms. The summed E-state index contributed by atoms with van der Waals surface area (Å²) >= 11 is 5.75. The number of anilines is 2.